The summed E-state index contributed by atoms with van der Waals surface area (Å²) in [6, 6.07) is 1.02. The van der Waals surface area contributed by atoms with Crippen molar-refractivity contribution in [3.8, 4) is 0 Å². The maximum absolute atomic E-state index is 9.23. The van der Waals surface area contributed by atoms with Gasteiger partial charge in [-0.1, -0.05) is 32.0 Å². The Labute approximate surface area is 59.1 Å². The van der Waals surface area contributed by atoms with E-state index in [1.807, 2.05) is 5.70 Å². The zero-order valence-corrected chi connectivity index (χ0v) is 7.46. The van der Waals surface area contributed by atoms with Crippen molar-refractivity contribution in [2.75, 3.05) is 0 Å². The van der Waals surface area contributed by atoms with Crippen LogP contribution in [-0.4, -0.2) is 13.8 Å². The largest absolute Gasteiger partial charge is 0.431 e. The molecule has 0 spiro atoms. The van der Waals surface area contributed by atoms with E-state index in [0.29, 0.717) is 0 Å². The summed E-state index contributed by atoms with van der Waals surface area (Å²) < 4.78 is 0. The van der Waals surface area contributed by atoms with Gasteiger partial charge in [-0.3, -0.25) is 0 Å². The van der Waals surface area contributed by atoms with E-state index < -0.39 is 9.04 Å². The van der Waals surface area contributed by atoms with Crippen LogP contribution >= 0.6 is 0 Å². The van der Waals surface area contributed by atoms with Crippen LogP contribution in [0.15, 0.2) is 11.8 Å². The highest BCUT2D eigenvalue weighted by Crippen LogP contribution is 1.95. The smallest absolute Gasteiger partial charge is 0.196 e. The van der Waals surface area contributed by atoms with E-state index >= 15 is 0 Å². The fourth-order valence-electron chi connectivity index (χ4n) is 0.685. The third-order valence-corrected chi connectivity index (χ3v) is 3.06. The van der Waals surface area contributed by atoms with Crippen LogP contribution in [0, 0.1) is 0 Å². The maximum atomic E-state index is 9.23. The predicted octanol–water partition coefficient (Wildman–Crippen LogP) is 1.62. The standard InChI is InChI=1S/C7H16OSi/c1-3-5-7-9(8)6-4-2/h5,7-9H,3-4,6H2,1-2H3. The van der Waals surface area contributed by atoms with Gasteiger partial charge in [0.15, 0.2) is 9.04 Å². The van der Waals surface area contributed by atoms with Gasteiger partial charge < -0.3 is 4.80 Å². The molecule has 1 atom stereocenters. The van der Waals surface area contributed by atoms with Gasteiger partial charge in [-0.2, -0.15) is 0 Å². The van der Waals surface area contributed by atoms with Crippen LogP contribution < -0.4 is 0 Å². The minimum Gasteiger partial charge on any atom is -0.431 e. The predicted molar refractivity (Wildman–Crippen MR) is 43.9 cm³/mol. The monoisotopic (exact) mass is 144 g/mol. The summed E-state index contributed by atoms with van der Waals surface area (Å²) in [5.41, 5.74) is 2.00. The Bertz CT molecular complexity index is 81.0. The van der Waals surface area contributed by atoms with Gasteiger partial charge in [-0.05, 0) is 12.5 Å². The molecule has 0 bridgehead atoms. The van der Waals surface area contributed by atoms with Crippen molar-refractivity contribution in [1.29, 1.82) is 0 Å². The molecule has 1 unspecified atom stereocenters. The molecule has 0 radical (unpaired) electrons. The van der Waals surface area contributed by atoms with Gasteiger partial charge in [0.1, 0.15) is 0 Å². The zero-order chi connectivity index (χ0) is 7.11. The molecule has 0 saturated carbocycles. The average Bonchev–Trinajstić information content (AvgIpc) is 1.85. The summed E-state index contributed by atoms with van der Waals surface area (Å²) in [6.07, 6.45) is 4.22. The molecule has 1 nitrogen and oxygen atoms in total. The van der Waals surface area contributed by atoms with Crippen LogP contribution in [0.2, 0.25) is 6.04 Å². The minimum absolute atomic E-state index is 1.02. The lowest BCUT2D eigenvalue weighted by Gasteiger charge is -1.97. The zero-order valence-electron chi connectivity index (χ0n) is 6.30. The Morgan fingerprint density at radius 3 is 2.56 bits per heavy atom. The first-order valence-corrected chi connectivity index (χ1v) is 5.66. The summed E-state index contributed by atoms with van der Waals surface area (Å²) >= 11 is 0. The molecule has 0 amide bonds. The van der Waals surface area contributed by atoms with Crippen molar-refractivity contribution < 1.29 is 4.80 Å². The van der Waals surface area contributed by atoms with Crippen molar-refractivity contribution in [2.45, 2.75) is 32.7 Å². The van der Waals surface area contributed by atoms with Gasteiger partial charge >= 0.3 is 0 Å². The molecule has 9 heavy (non-hydrogen) atoms. The molecule has 1 N–H and O–H groups in total. The fraction of sp³-hybridized carbons (Fsp3) is 0.714. The van der Waals surface area contributed by atoms with Gasteiger partial charge in [0.2, 0.25) is 0 Å². The summed E-state index contributed by atoms with van der Waals surface area (Å²) in [5, 5.41) is 0. The molecule has 0 saturated heterocycles. The molecule has 2 heteroatoms. The van der Waals surface area contributed by atoms with Gasteiger partial charge in [0.25, 0.3) is 0 Å². The molecule has 0 fully saturated rings. The van der Waals surface area contributed by atoms with E-state index in [4.69, 9.17) is 0 Å². The fourth-order valence-corrected chi connectivity index (χ4v) is 2.06. The molecule has 0 aliphatic carbocycles. The first kappa shape index (κ1) is 8.92. The molecule has 0 heterocycles. The number of hydrogen-bond donors (Lipinski definition) is 1. The van der Waals surface area contributed by atoms with Gasteiger partial charge in [0.05, 0.1) is 0 Å². The number of hydrogen-bond acceptors (Lipinski definition) is 1. The second-order valence-electron chi connectivity index (χ2n) is 2.19. The highest BCUT2D eigenvalue weighted by atomic mass is 28.3. The minimum atomic E-state index is -1.40. The summed E-state index contributed by atoms with van der Waals surface area (Å²) in [4.78, 5) is 9.23. The summed E-state index contributed by atoms with van der Waals surface area (Å²) in [5.74, 6) is 0. The Hall–Kier alpha value is -0.0831. The Kier molecular flexibility index (Phi) is 5.99. The Balaban J connectivity index is 3.25. The van der Waals surface area contributed by atoms with E-state index in [1.165, 1.54) is 0 Å². The Morgan fingerprint density at radius 2 is 2.11 bits per heavy atom. The molecule has 0 rings (SSSR count). The molecule has 0 aromatic rings. The molecule has 0 aromatic heterocycles. The van der Waals surface area contributed by atoms with Gasteiger partial charge in [0, 0.05) is 0 Å². The van der Waals surface area contributed by atoms with Gasteiger partial charge in [-0.25, -0.2) is 0 Å². The molecular weight excluding hydrogens is 128 g/mol. The summed E-state index contributed by atoms with van der Waals surface area (Å²) in [6.45, 7) is 4.19. The van der Waals surface area contributed by atoms with E-state index in [9.17, 15) is 4.80 Å². The first-order chi connectivity index (χ1) is 4.31. The third kappa shape index (κ3) is 5.79. The lowest BCUT2D eigenvalue weighted by atomic mass is 10.5. The molecule has 0 aromatic carbocycles. The highest BCUT2D eigenvalue weighted by Gasteiger charge is 1.96. The number of allylic oxidation sites excluding steroid dienone is 1. The van der Waals surface area contributed by atoms with Crippen LogP contribution in [0.25, 0.3) is 0 Å². The molecule has 0 aliphatic rings. The summed E-state index contributed by atoms with van der Waals surface area (Å²) in [7, 11) is -1.40. The second-order valence-corrected chi connectivity index (χ2v) is 4.29. The van der Waals surface area contributed by atoms with Crippen LogP contribution in [0.1, 0.15) is 26.7 Å². The van der Waals surface area contributed by atoms with Crippen LogP contribution in [0.4, 0.5) is 0 Å². The second kappa shape index (κ2) is 6.04. The van der Waals surface area contributed by atoms with E-state index in [2.05, 4.69) is 19.9 Å². The third-order valence-electron chi connectivity index (χ3n) is 1.18. The lowest BCUT2D eigenvalue weighted by molar-refractivity contribution is 0.580. The van der Waals surface area contributed by atoms with Crippen molar-refractivity contribution in [1.82, 2.24) is 0 Å². The van der Waals surface area contributed by atoms with Crippen LogP contribution in [0.3, 0.4) is 0 Å². The number of rotatable bonds is 4. The lowest BCUT2D eigenvalue weighted by Crippen LogP contribution is -2.06. The SMILES string of the molecule is CCC=C[SiH](O)CCC. The van der Waals surface area contributed by atoms with Crippen molar-refractivity contribution in [3.63, 3.8) is 0 Å². The quantitative estimate of drug-likeness (QED) is 0.594. The molecular formula is C7H16OSi. The average molecular weight is 144 g/mol. The van der Waals surface area contributed by atoms with E-state index in [0.717, 1.165) is 18.9 Å². The van der Waals surface area contributed by atoms with Crippen molar-refractivity contribution >= 4 is 9.04 Å². The highest BCUT2D eigenvalue weighted by molar-refractivity contribution is 6.56. The first-order valence-electron chi connectivity index (χ1n) is 3.66. The van der Waals surface area contributed by atoms with Gasteiger partial charge in [-0.15, -0.1) is 0 Å². The maximum Gasteiger partial charge on any atom is 0.196 e. The molecule has 0 aliphatic heterocycles. The van der Waals surface area contributed by atoms with Crippen LogP contribution in [-0.2, 0) is 0 Å². The van der Waals surface area contributed by atoms with E-state index in [1.54, 1.807) is 0 Å². The van der Waals surface area contributed by atoms with Crippen molar-refractivity contribution in [3.05, 3.63) is 11.8 Å². The van der Waals surface area contributed by atoms with Crippen LogP contribution in [0.5, 0.6) is 0 Å². The Morgan fingerprint density at radius 1 is 1.44 bits per heavy atom. The topological polar surface area (TPSA) is 20.2 Å². The normalized spacial score (nSPS) is 14.6. The van der Waals surface area contributed by atoms with Crippen molar-refractivity contribution in [2.24, 2.45) is 0 Å². The molecule has 54 valence electrons. The van der Waals surface area contributed by atoms with E-state index in [-0.39, 0.29) is 0 Å².